The molecule has 0 fully saturated rings. The van der Waals surface area contributed by atoms with Crippen LogP contribution < -0.4 is 0 Å². The minimum atomic E-state index is -0.806. The van der Waals surface area contributed by atoms with Crippen LogP contribution in [0.25, 0.3) is 0 Å². The number of aliphatic hydroxyl groups excluding tert-OH is 1. The fourth-order valence-electron chi connectivity index (χ4n) is 2.30. The predicted octanol–water partition coefficient (Wildman–Crippen LogP) is 2.17. The average molecular weight is 266 g/mol. The van der Waals surface area contributed by atoms with Gasteiger partial charge in [0.05, 0.1) is 18.1 Å². The van der Waals surface area contributed by atoms with Crippen LogP contribution >= 0.6 is 0 Å². The number of hydrogen-bond donors (Lipinski definition) is 1. The minimum Gasteiger partial charge on any atom is -0.465 e. The Hall–Kier alpha value is -1.42. The molecule has 4 nitrogen and oxygen atoms in total. The lowest BCUT2D eigenvalue weighted by Crippen LogP contribution is -2.36. The first-order chi connectivity index (χ1) is 8.82. The highest BCUT2D eigenvalue weighted by Crippen LogP contribution is 2.41. The molecule has 0 aliphatic heterocycles. The summed E-state index contributed by atoms with van der Waals surface area (Å²) in [5.41, 5.74) is 0.432. The lowest BCUT2D eigenvalue weighted by atomic mass is 9.70. The van der Waals surface area contributed by atoms with Crippen LogP contribution in [0.5, 0.6) is 0 Å². The zero-order valence-electron chi connectivity index (χ0n) is 12.0. The topological polar surface area (TPSA) is 63.6 Å². The number of ether oxygens (including phenoxy) is 1. The SMILES string of the molecule is CCOC(=O)C1(C)CCC(=O)C(C)=C1/C=C/C(C)O. The zero-order chi connectivity index (χ0) is 14.6. The van der Waals surface area contributed by atoms with E-state index in [4.69, 9.17) is 4.74 Å². The van der Waals surface area contributed by atoms with Gasteiger partial charge >= 0.3 is 5.97 Å². The predicted molar refractivity (Wildman–Crippen MR) is 72.5 cm³/mol. The molecule has 0 amide bonds. The van der Waals surface area contributed by atoms with Crippen molar-refractivity contribution in [3.05, 3.63) is 23.3 Å². The van der Waals surface area contributed by atoms with E-state index in [-0.39, 0.29) is 11.8 Å². The highest BCUT2D eigenvalue weighted by molar-refractivity contribution is 6.00. The van der Waals surface area contributed by atoms with Crippen molar-refractivity contribution in [2.24, 2.45) is 5.41 Å². The molecule has 106 valence electrons. The molecular weight excluding hydrogens is 244 g/mol. The van der Waals surface area contributed by atoms with E-state index in [0.29, 0.717) is 30.6 Å². The smallest absolute Gasteiger partial charge is 0.316 e. The van der Waals surface area contributed by atoms with Crippen LogP contribution in [0, 0.1) is 5.41 Å². The number of ketones is 1. The zero-order valence-corrected chi connectivity index (χ0v) is 12.0. The molecule has 0 saturated carbocycles. The summed E-state index contributed by atoms with van der Waals surface area (Å²) in [7, 11) is 0. The first-order valence-corrected chi connectivity index (χ1v) is 6.61. The maximum Gasteiger partial charge on any atom is 0.316 e. The number of rotatable bonds is 4. The number of Topliss-reactive ketones (excluding diaryl/α,β-unsaturated/α-hetero) is 1. The van der Waals surface area contributed by atoms with E-state index >= 15 is 0 Å². The molecule has 1 rings (SSSR count). The summed E-state index contributed by atoms with van der Waals surface area (Å²) in [6.07, 6.45) is 3.43. The molecule has 1 N–H and O–H groups in total. The molecule has 2 unspecified atom stereocenters. The Balaban J connectivity index is 3.22. The van der Waals surface area contributed by atoms with Crippen molar-refractivity contribution in [1.29, 1.82) is 0 Å². The fourth-order valence-corrected chi connectivity index (χ4v) is 2.30. The van der Waals surface area contributed by atoms with Crippen molar-refractivity contribution >= 4 is 11.8 Å². The van der Waals surface area contributed by atoms with Gasteiger partial charge in [-0.2, -0.15) is 0 Å². The Kier molecular flexibility index (Phi) is 5.06. The highest BCUT2D eigenvalue weighted by Gasteiger charge is 2.42. The molecule has 1 aliphatic rings. The molecule has 0 aromatic heterocycles. The van der Waals surface area contributed by atoms with Crippen molar-refractivity contribution in [3.8, 4) is 0 Å². The monoisotopic (exact) mass is 266 g/mol. The van der Waals surface area contributed by atoms with Gasteiger partial charge in [-0.25, -0.2) is 0 Å². The number of aliphatic hydroxyl groups is 1. The minimum absolute atomic E-state index is 0.0482. The molecule has 0 radical (unpaired) electrons. The molecule has 19 heavy (non-hydrogen) atoms. The third-order valence-corrected chi connectivity index (χ3v) is 3.54. The van der Waals surface area contributed by atoms with Crippen molar-refractivity contribution < 1.29 is 19.4 Å². The second-order valence-corrected chi connectivity index (χ2v) is 5.11. The summed E-state index contributed by atoms with van der Waals surface area (Å²) >= 11 is 0. The van der Waals surface area contributed by atoms with Gasteiger partial charge < -0.3 is 9.84 Å². The standard InChI is InChI=1S/C15H22O4/c1-5-19-14(18)15(4)9-8-13(17)11(3)12(15)7-6-10(2)16/h6-7,10,16H,5,8-9H2,1-4H3/b7-6+. The average Bonchev–Trinajstić information content (AvgIpc) is 2.34. The molecule has 0 spiro atoms. The van der Waals surface area contributed by atoms with Crippen LogP contribution in [0.2, 0.25) is 0 Å². The molecule has 2 atom stereocenters. The first-order valence-electron chi connectivity index (χ1n) is 6.61. The summed E-state index contributed by atoms with van der Waals surface area (Å²) < 4.78 is 5.12. The summed E-state index contributed by atoms with van der Waals surface area (Å²) in [4.78, 5) is 24.0. The highest BCUT2D eigenvalue weighted by atomic mass is 16.5. The van der Waals surface area contributed by atoms with Crippen molar-refractivity contribution in [3.63, 3.8) is 0 Å². The van der Waals surface area contributed by atoms with Crippen LogP contribution in [0.3, 0.4) is 0 Å². The van der Waals surface area contributed by atoms with Gasteiger partial charge in [-0.15, -0.1) is 0 Å². The van der Waals surface area contributed by atoms with Gasteiger partial charge in [0, 0.05) is 6.42 Å². The van der Waals surface area contributed by atoms with Crippen molar-refractivity contribution in [1.82, 2.24) is 0 Å². The Bertz CT molecular complexity index is 431. The van der Waals surface area contributed by atoms with Crippen LogP contribution in [-0.2, 0) is 14.3 Å². The first kappa shape index (κ1) is 15.6. The Morgan fingerprint density at radius 3 is 2.74 bits per heavy atom. The van der Waals surface area contributed by atoms with E-state index in [1.807, 2.05) is 0 Å². The third-order valence-electron chi connectivity index (χ3n) is 3.54. The third kappa shape index (κ3) is 3.32. The number of hydrogen-bond acceptors (Lipinski definition) is 4. The van der Waals surface area contributed by atoms with Gasteiger partial charge in [0.2, 0.25) is 0 Å². The second kappa shape index (κ2) is 6.15. The lowest BCUT2D eigenvalue weighted by molar-refractivity contribution is -0.152. The van der Waals surface area contributed by atoms with Crippen LogP contribution in [0.1, 0.15) is 40.5 Å². The molecule has 0 bridgehead atoms. The van der Waals surface area contributed by atoms with Crippen LogP contribution in [-0.4, -0.2) is 29.6 Å². The number of allylic oxidation sites excluding steroid dienone is 2. The van der Waals surface area contributed by atoms with E-state index in [1.54, 1.807) is 39.8 Å². The lowest BCUT2D eigenvalue weighted by Gasteiger charge is -2.33. The number of esters is 1. The van der Waals surface area contributed by atoms with E-state index in [1.165, 1.54) is 0 Å². The van der Waals surface area contributed by atoms with Gasteiger partial charge in [-0.3, -0.25) is 9.59 Å². The van der Waals surface area contributed by atoms with Crippen LogP contribution in [0.4, 0.5) is 0 Å². The molecule has 4 heteroatoms. The maximum absolute atomic E-state index is 12.2. The van der Waals surface area contributed by atoms with E-state index in [0.717, 1.165) is 0 Å². The van der Waals surface area contributed by atoms with Crippen molar-refractivity contribution in [2.45, 2.75) is 46.6 Å². The summed E-state index contributed by atoms with van der Waals surface area (Å²) in [6.45, 7) is 7.22. The fraction of sp³-hybridized carbons (Fsp3) is 0.600. The number of carbonyl (C=O) groups is 2. The summed E-state index contributed by atoms with van der Waals surface area (Å²) in [6, 6.07) is 0. The molecule has 1 aliphatic carbocycles. The largest absolute Gasteiger partial charge is 0.465 e. The molecule has 0 aromatic rings. The van der Waals surface area contributed by atoms with Gasteiger partial charge in [-0.05, 0) is 45.3 Å². The van der Waals surface area contributed by atoms with Gasteiger partial charge in [0.1, 0.15) is 0 Å². The summed E-state index contributed by atoms with van der Waals surface area (Å²) in [5.74, 6) is -0.265. The van der Waals surface area contributed by atoms with E-state index < -0.39 is 11.5 Å². The molecule has 0 saturated heterocycles. The van der Waals surface area contributed by atoms with Crippen LogP contribution in [0.15, 0.2) is 23.3 Å². The summed E-state index contributed by atoms with van der Waals surface area (Å²) in [5, 5.41) is 9.34. The Labute approximate surface area is 114 Å². The van der Waals surface area contributed by atoms with Gasteiger partial charge in [-0.1, -0.05) is 12.2 Å². The second-order valence-electron chi connectivity index (χ2n) is 5.11. The molecule has 0 heterocycles. The van der Waals surface area contributed by atoms with Crippen molar-refractivity contribution in [2.75, 3.05) is 6.61 Å². The Morgan fingerprint density at radius 2 is 2.21 bits per heavy atom. The van der Waals surface area contributed by atoms with E-state index in [2.05, 4.69) is 0 Å². The number of carbonyl (C=O) groups excluding carboxylic acids is 2. The van der Waals surface area contributed by atoms with E-state index in [9.17, 15) is 14.7 Å². The normalized spacial score (nSPS) is 25.8. The molecular formula is C15H22O4. The van der Waals surface area contributed by atoms with Gasteiger partial charge in [0.15, 0.2) is 5.78 Å². The maximum atomic E-state index is 12.2. The quantitative estimate of drug-likeness (QED) is 0.792. The Morgan fingerprint density at radius 1 is 1.58 bits per heavy atom. The van der Waals surface area contributed by atoms with Gasteiger partial charge in [0.25, 0.3) is 0 Å². The molecule has 0 aromatic carbocycles.